The van der Waals surface area contributed by atoms with E-state index in [1.165, 1.54) is 13.0 Å². The number of hydrogen-bond acceptors (Lipinski definition) is 3. The summed E-state index contributed by atoms with van der Waals surface area (Å²) in [5, 5.41) is 0. The summed E-state index contributed by atoms with van der Waals surface area (Å²) >= 11 is 0. The number of nitrogens with one attached hydrogen (secondary N) is 1. The van der Waals surface area contributed by atoms with Crippen LogP contribution in [0.3, 0.4) is 0 Å². The van der Waals surface area contributed by atoms with E-state index >= 15 is 0 Å². The molecule has 1 heterocycles. The van der Waals surface area contributed by atoms with Gasteiger partial charge >= 0.3 is 0 Å². The summed E-state index contributed by atoms with van der Waals surface area (Å²) in [5.41, 5.74) is 7.75. The van der Waals surface area contributed by atoms with E-state index in [1.54, 1.807) is 0 Å². The van der Waals surface area contributed by atoms with E-state index in [-0.39, 0.29) is 0 Å². The highest BCUT2D eigenvalue weighted by Gasteiger charge is 2.20. The minimum atomic E-state index is 0.329. The van der Waals surface area contributed by atoms with E-state index < -0.39 is 0 Å². The molecular weight excluding hydrogens is 166 g/mol. The number of hydrogen-bond donors (Lipinski definition) is 3. The Bertz CT molecular complexity index is 179. The first-order valence-corrected chi connectivity index (χ1v) is 4.75. The molecule has 0 bridgehead atoms. The summed E-state index contributed by atoms with van der Waals surface area (Å²) in [6.07, 6.45) is 1.22. The maximum absolute atomic E-state index is 5.42. The molecule has 1 aliphatic rings. The van der Waals surface area contributed by atoms with Gasteiger partial charge in [-0.15, -0.1) is 0 Å². The Kier molecular flexibility index (Phi) is 3.98. The maximum atomic E-state index is 5.42. The van der Waals surface area contributed by atoms with Crippen LogP contribution in [0, 0.1) is 5.92 Å². The minimum absolute atomic E-state index is 0.329. The summed E-state index contributed by atoms with van der Waals surface area (Å²) in [4.78, 5) is 6.55. The van der Waals surface area contributed by atoms with Crippen LogP contribution in [-0.2, 0) is 0 Å². The molecule has 0 radical (unpaired) electrons. The summed E-state index contributed by atoms with van der Waals surface area (Å²) in [6.45, 7) is 6.42. The lowest BCUT2D eigenvalue weighted by Crippen LogP contribution is -2.37. The van der Waals surface area contributed by atoms with Gasteiger partial charge in [-0.3, -0.25) is 10.4 Å². The van der Waals surface area contributed by atoms with Crippen molar-refractivity contribution >= 4 is 5.96 Å². The number of likely N-dealkylation sites (tertiary alicyclic amines) is 1. The van der Waals surface area contributed by atoms with Crippen LogP contribution in [0.4, 0.5) is 0 Å². The van der Waals surface area contributed by atoms with Crippen LogP contribution in [0.25, 0.3) is 0 Å². The fraction of sp³-hybridized carbons (Fsp3) is 0.875. The van der Waals surface area contributed by atoms with Gasteiger partial charge in [-0.05, 0) is 25.4 Å². The molecule has 1 aliphatic heterocycles. The smallest absolute Gasteiger partial charge is 0.203 e. The Balaban J connectivity index is 2.24. The number of nitrogens with zero attached hydrogens (tertiary/aromatic N) is 2. The first-order valence-electron chi connectivity index (χ1n) is 4.75. The van der Waals surface area contributed by atoms with Crippen molar-refractivity contribution in [3.05, 3.63) is 0 Å². The first-order chi connectivity index (χ1) is 6.26. The predicted molar refractivity (Wildman–Crippen MR) is 54.0 cm³/mol. The summed E-state index contributed by atoms with van der Waals surface area (Å²) < 4.78 is 0. The largest absolute Gasteiger partial charge is 0.369 e. The number of guanidine groups is 1. The number of nitrogens with two attached hydrogens (primary N) is 2. The van der Waals surface area contributed by atoms with Crippen LogP contribution in [-0.4, -0.2) is 37.0 Å². The fourth-order valence-corrected chi connectivity index (χ4v) is 1.62. The molecule has 0 aliphatic carbocycles. The third-order valence-electron chi connectivity index (χ3n) is 2.48. The van der Waals surface area contributed by atoms with Crippen LogP contribution in [0.15, 0.2) is 4.99 Å². The van der Waals surface area contributed by atoms with E-state index in [1.807, 2.05) is 0 Å². The molecular formula is C8H19N5. The second-order valence-electron chi connectivity index (χ2n) is 3.42. The number of aliphatic imine (C=N–C) groups is 1. The van der Waals surface area contributed by atoms with Gasteiger partial charge in [-0.25, -0.2) is 5.84 Å². The van der Waals surface area contributed by atoms with Gasteiger partial charge in [-0.1, -0.05) is 6.92 Å². The molecule has 0 saturated carbocycles. The zero-order valence-electron chi connectivity index (χ0n) is 8.16. The van der Waals surface area contributed by atoms with Crippen LogP contribution in [0.1, 0.15) is 13.3 Å². The quantitative estimate of drug-likeness (QED) is 0.230. The molecule has 1 rings (SSSR count). The van der Waals surface area contributed by atoms with Gasteiger partial charge in [0.25, 0.3) is 0 Å². The Hall–Kier alpha value is -0.810. The summed E-state index contributed by atoms with van der Waals surface area (Å²) in [7, 11) is 0. The van der Waals surface area contributed by atoms with Crippen LogP contribution in [0.5, 0.6) is 0 Å². The topological polar surface area (TPSA) is 79.7 Å². The van der Waals surface area contributed by atoms with Crippen LogP contribution >= 0.6 is 0 Å². The van der Waals surface area contributed by atoms with Gasteiger partial charge in [0.1, 0.15) is 0 Å². The number of hydrazine groups is 1. The van der Waals surface area contributed by atoms with E-state index in [2.05, 4.69) is 22.2 Å². The monoisotopic (exact) mass is 185 g/mol. The molecule has 1 atom stereocenters. The molecule has 0 aromatic carbocycles. The normalized spacial score (nSPS) is 25.1. The van der Waals surface area contributed by atoms with Gasteiger partial charge in [0.15, 0.2) is 0 Å². The zero-order chi connectivity index (χ0) is 9.68. The molecule has 1 unspecified atom stereocenters. The third-order valence-corrected chi connectivity index (χ3v) is 2.48. The molecule has 0 aromatic heterocycles. The molecule has 0 spiro atoms. The lowest BCUT2D eigenvalue weighted by atomic mass is 10.1. The van der Waals surface area contributed by atoms with Gasteiger partial charge in [-0.2, -0.15) is 0 Å². The van der Waals surface area contributed by atoms with Crippen molar-refractivity contribution < 1.29 is 0 Å². The molecule has 0 amide bonds. The molecule has 1 fully saturated rings. The third kappa shape index (κ3) is 3.20. The highest BCUT2D eigenvalue weighted by atomic mass is 15.3. The average Bonchev–Trinajstić information content (AvgIpc) is 2.61. The summed E-state index contributed by atoms with van der Waals surface area (Å²) in [5.74, 6) is 6.07. The van der Waals surface area contributed by atoms with Crippen molar-refractivity contribution in [1.82, 2.24) is 10.3 Å². The van der Waals surface area contributed by atoms with Crippen molar-refractivity contribution in [2.75, 3.05) is 26.2 Å². The van der Waals surface area contributed by atoms with Gasteiger partial charge in [0.05, 0.1) is 0 Å². The van der Waals surface area contributed by atoms with Crippen molar-refractivity contribution in [3.63, 3.8) is 0 Å². The molecule has 5 nitrogen and oxygen atoms in total. The van der Waals surface area contributed by atoms with Gasteiger partial charge < -0.3 is 10.6 Å². The Labute approximate surface area is 79.1 Å². The van der Waals surface area contributed by atoms with E-state index in [4.69, 9.17) is 11.6 Å². The molecule has 5 heteroatoms. The average molecular weight is 185 g/mol. The Morgan fingerprint density at radius 1 is 1.69 bits per heavy atom. The second-order valence-corrected chi connectivity index (χ2v) is 3.42. The molecule has 5 N–H and O–H groups in total. The van der Waals surface area contributed by atoms with E-state index in [0.717, 1.165) is 19.6 Å². The van der Waals surface area contributed by atoms with Gasteiger partial charge in [0.2, 0.25) is 5.96 Å². The lowest BCUT2D eigenvalue weighted by molar-refractivity contribution is 0.343. The Morgan fingerprint density at radius 3 is 3.00 bits per heavy atom. The van der Waals surface area contributed by atoms with Crippen molar-refractivity contribution in [2.24, 2.45) is 22.5 Å². The van der Waals surface area contributed by atoms with Crippen LogP contribution < -0.4 is 17.0 Å². The Morgan fingerprint density at radius 2 is 2.46 bits per heavy atom. The van der Waals surface area contributed by atoms with Crippen molar-refractivity contribution in [1.29, 1.82) is 0 Å². The van der Waals surface area contributed by atoms with E-state index in [0.29, 0.717) is 11.9 Å². The highest BCUT2D eigenvalue weighted by Crippen LogP contribution is 2.15. The van der Waals surface area contributed by atoms with Crippen molar-refractivity contribution in [2.45, 2.75) is 13.3 Å². The second kappa shape index (κ2) is 5.04. The molecule has 76 valence electrons. The number of rotatable bonds is 3. The lowest BCUT2D eigenvalue weighted by Gasteiger charge is -2.11. The van der Waals surface area contributed by atoms with E-state index in [9.17, 15) is 0 Å². The van der Waals surface area contributed by atoms with Gasteiger partial charge in [0, 0.05) is 13.1 Å². The standard InChI is InChI=1S/C8H19N5/c1-2-13-4-3-7(6-13)5-11-8(9)12-10/h7H,2-6,10H2,1H3,(H3,9,11,12). The molecule has 1 saturated heterocycles. The van der Waals surface area contributed by atoms with Crippen LogP contribution in [0.2, 0.25) is 0 Å². The predicted octanol–water partition coefficient (Wildman–Crippen LogP) is -0.894. The molecule has 13 heavy (non-hydrogen) atoms. The minimum Gasteiger partial charge on any atom is -0.369 e. The summed E-state index contributed by atoms with van der Waals surface area (Å²) in [6, 6.07) is 0. The van der Waals surface area contributed by atoms with Crippen molar-refractivity contribution in [3.8, 4) is 0 Å². The SMILES string of the molecule is CCN1CCC(CN=C(N)NN)C1. The molecule has 0 aromatic rings. The highest BCUT2D eigenvalue weighted by molar-refractivity contribution is 5.77. The fourth-order valence-electron chi connectivity index (χ4n) is 1.62. The maximum Gasteiger partial charge on any atom is 0.203 e. The first kappa shape index (κ1) is 10.3. The zero-order valence-corrected chi connectivity index (χ0v) is 8.16.